The average Bonchev–Trinajstić information content (AvgIpc) is 3.15. The molecule has 1 unspecified atom stereocenters. The van der Waals surface area contributed by atoms with Gasteiger partial charge in [-0.3, -0.25) is 0 Å². The van der Waals surface area contributed by atoms with E-state index in [1.165, 1.54) is 24.0 Å². The van der Waals surface area contributed by atoms with Crippen molar-refractivity contribution in [3.05, 3.63) is 47.3 Å². The number of aromatic nitrogens is 2. The molecule has 0 radical (unpaired) electrons. The predicted octanol–water partition coefficient (Wildman–Crippen LogP) is 4.01. The molecule has 0 saturated heterocycles. The summed E-state index contributed by atoms with van der Waals surface area (Å²) in [6.45, 7) is 6.41. The van der Waals surface area contributed by atoms with Crippen molar-refractivity contribution in [2.45, 2.75) is 45.7 Å². The van der Waals surface area contributed by atoms with Gasteiger partial charge < -0.3 is 9.88 Å². The van der Waals surface area contributed by atoms with Gasteiger partial charge in [-0.15, -0.1) is 0 Å². The summed E-state index contributed by atoms with van der Waals surface area (Å²) >= 11 is 0. The van der Waals surface area contributed by atoms with Gasteiger partial charge in [0, 0.05) is 12.2 Å². The van der Waals surface area contributed by atoms with Crippen molar-refractivity contribution in [2.75, 3.05) is 5.32 Å². The van der Waals surface area contributed by atoms with Crippen LogP contribution in [0.3, 0.4) is 0 Å². The van der Waals surface area contributed by atoms with Crippen LogP contribution in [0.5, 0.6) is 0 Å². The van der Waals surface area contributed by atoms with E-state index in [0.717, 1.165) is 11.6 Å². The third-order valence-electron chi connectivity index (χ3n) is 3.79. The van der Waals surface area contributed by atoms with E-state index < -0.39 is 0 Å². The maximum absolute atomic E-state index is 4.62. The first-order chi connectivity index (χ1) is 9.15. The maximum Gasteiger partial charge on any atom is 0.203 e. The average molecular weight is 255 g/mol. The van der Waals surface area contributed by atoms with Gasteiger partial charge in [0.05, 0.1) is 11.7 Å². The zero-order valence-electron chi connectivity index (χ0n) is 11.9. The Kier molecular flexibility index (Phi) is 3.05. The molecule has 1 aromatic heterocycles. The summed E-state index contributed by atoms with van der Waals surface area (Å²) in [6, 6.07) is 9.46. The molecule has 1 heterocycles. The van der Waals surface area contributed by atoms with Gasteiger partial charge in [0.2, 0.25) is 5.95 Å². The molecule has 19 heavy (non-hydrogen) atoms. The lowest BCUT2D eigenvalue weighted by Gasteiger charge is -2.18. The topological polar surface area (TPSA) is 29.9 Å². The molecule has 1 atom stereocenters. The lowest BCUT2D eigenvalue weighted by molar-refractivity contribution is 0.726. The van der Waals surface area contributed by atoms with Gasteiger partial charge in [-0.1, -0.05) is 24.3 Å². The molecule has 1 fully saturated rings. The fourth-order valence-corrected chi connectivity index (χ4v) is 2.60. The molecule has 1 aliphatic carbocycles. The number of nitrogens with one attached hydrogen (secondary N) is 1. The van der Waals surface area contributed by atoms with E-state index in [-0.39, 0.29) is 6.04 Å². The number of anilines is 1. The standard InChI is InChI=1S/C16H21N3/c1-11-6-4-5-7-15(11)13(3)18-16-17-12(2)10-19(16)14-8-9-14/h4-7,10,13-14H,8-9H2,1-3H3,(H,17,18). The number of rotatable bonds is 4. The molecule has 0 amide bonds. The Labute approximate surface area is 114 Å². The van der Waals surface area contributed by atoms with E-state index in [1.54, 1.807) is 0 Å². The van der Waals surface area contributed by atoms with Crippen molar-refractivity contribution in [2.24, 2.45) is 0 Å². The molecule has 2 aromatic rings. The molecule has 0 bridgehead atoms. The molecule has 3 heteroatoms. The van der Waals surface area contributed by atoms with Gasteiger partial charge >= 0.3 is 0 Å². The molecular formula is C16H21N3. The summed E-state index contributed by atoms with van der Waals surface area (Å²) in [5.41, 5.74) is 3.75. The Balaban J connectivity index is 1.83. The molecule has 1 aromatic carbocycles. The van der Waals surface area contributed by atoms with E-state index in [0.29, 0.717) is 6.04 Å². The molecule has 0 spiro atoms. The summed E-state index contributed by atoms with van der Waals surface area (Å²) in [5, 5.41) is 3.56. The minimum atomic E-state index is 0.278. The molecular weight excluding hydrogens is 234 g/mol. The maximum atomic E-state index is 4.62. The van der Waals surface area contributed by atoms with E-state index in [4.69, 9.17) is 0 Å². The number of nitrogens with zero attached hydrogens (tertiary/aromatic N) is 2. The van der Waals surface area contributed by atoms with Crippen molar-refractivity contribution in [3.8, 4) is 0 Å². The van der Waals surface area contributed by atoms with Gasteiger partial charge in [-0.25, -0.2) is 4.98 Å². The molecule has 1 aliphatic rings. The zero-order valence-corrected chi connectivity index (χ0v) is 11.9. The third kappa shape index (κ3) is 2.50. The summed E-state index contributed by atoms with van der Waals surface area (Å²) in [4.78, 5) is 4.62. The Hall–Kier alpha value is -1.77. The first-order valence-corrected chi connectivity index (χ1v) is 7.02. The molecule has 100 valence electrons. The second kappa shape index (κ2) is 4.72. The van der Waals surface area contributed by atoms with Gasteiger partial charge in [0.1, 0.15) is 0 Å². The lowest BCUT2D eigenvalue weighted by atomic mass is 10.0. The Morgan fingerprint density at radius 3 is 2.68 bits per heavy atom. The highest BCUT2D eigenvalue weighted by Gasteiger charge is 2.26. The normalized spacial score (nSPS) is 16.4. The Morgan fingerprint density at radius 2 is 2.00 bits per heavy atom. The number of hydrogen-bond acceptors (Lipinski definition) is 2. The Morgan fingerprint density at radius 1 is 1.26 bits per heavy atom. The highest BCUT2D eigenvalue weighted by atomic mass is 15.2. The number of imidazole rings is 1. The van der Waals surface area contributed by atoms with Crippen LogP contribution < -0.4 is 5.32 Å². The number of aryl methyl sites for hydroxylation is 2. The molecule has 1 saturated carbocycles. The van der Waals surface area contributed by atoms with Gasteiger partial charge in [-0.05, 0) is 44.7 Å². The van der Waals surface area contributed by atoms with Crippen LogP contribution in [0.1, 0.15) is 48.7 Å². The van der Waals surface area contributed by atoms with Crippen molar-refractivity contribution in [1.82, 2.24) is 9.55 Å². The highest BCUT2D eigenvalue weighted by Crippen LogP contribution is 2.38. The van der Waals surface area contributed by atoms with Crippen LogP contribution in [0.15, 0.2) is 30.5 Å². The first-order valence-electron chi connectivity index (χ1n) is 7.02. The number of benzene rings is 1. The highest BCUT2D eigenvalue weighted by molar-refractivity contribution is 5.38. The Bertz CT molecular complexity index is 581. The van der Waals surface area contributed by atoms with Crippen LogP contribution in [0.25, 0.3) is 0 Å². The monoisotopic (exact) mass is 255 g/mol. The van der Waals surface area contributed by atoms with Crippen LogP contribution in [-0.2, 0) is 0 Å². The molecule has 3 rings (SSSR count). The van der Waals surface area contributed by atoms with Crippen LogP contribution >= 0.6 is 0 Å². The van der Waals surface area contributed by atoms with Gasteiger partial charge in [0.25, 0.3) is 0 Å². The van der Waals surface area contributed by atoms with Crippen LogP contribution in [0.2, 0.25) is 0 Å². The minimum absolute atomic E-state index is 0.278. The van der Waals surface area contributed by atoms with Crippen molar-refractivity contribution in [3.63, 3.8) is 0 Å². The van der Waals surface area contributed by atoms with Gasteiger partial charge in [-0.2, -0.15) is 0 Å². The van der Waals surface area contributed by atoms with Crippen LogP contribution in [0.4, 0.5) is 5.95 Å². The minimum Gasteiger partial charge on any atom is -0.349 e. The van der Waals surface area contributed by atoms with E-state index >= 15 is 0 Å². The van der Waals surface area contributed by atoms with Crippen molar-refractivity contribution < 1.29 is 0 Å². The summed E-state index contributed by atoms with van der Waals surface area (Å²) < 4.78 is 2.30. The summed E-state index contributed by atoms with van der Waals surface area (Å²) in [7, 11) is 0. The first kappa shape index (κ1) is 12.3. The third-order valence-corrected chi connectivity index (χ3v) is 3.79. The molecule has 0 aliphatic heterocycles. The second-order valence-electron chi connectivity index (χ2n) is 5.57. The largest absolute Gasteiger partial charge is 0.349 e. The molecule has 3 nitrogen and oxygen atoms in total. The van der Waals surface area contributed by atoms with Crippen molar-refractivity contribution in [1.29, 1.82) is 0 Å². The van der Waals surface area contributed by atoms with Crippen LogP contribution in [0, 0.1) is 13.8 Å². The predicted molar refractivity (Wildman–Crippen MR) is 78.5 cm³/mol. The fourth-order valence-electron chi connectivity index (χ4n) is 2.60. The zero-order chi connectivity index (χ0) is 13.4. The van der Waals surface area contributed by atoms with Gasteiger partial charge in [0.15, 0.2) is 0 Å². The summed E-state index contributed by atoms with van der Waals surface area (Å²) in [5.74, 6) is 1.01. The van der Waals surface area contributed by atoms with Crippen molar-refractivity contribution >= 4 is 5.95 Å². The SMILES string of the molecule is Cc1cn(C2CC2)c(NC(C)c2ccccc2C)n1. The van der Waals surface area contributed by atoms with E-state index in [2.05, 4.69) is 66.1 Å². The fraction of sp³-hybridized carbons (Fsp3) is 0.438. The quantitative estimate of drug-likeness (QED) is 0.894. The second-order valence-corrected chi connectivity index (χ2v) is 5.57. The smallest absolute Gasteiger partial charge is 0.203 e. The molecule has 1 N–H and O–H groups in total. The van der Waals surface area contributed by atoms with Crippen LogP contribution in [-0.4, -0.2) is 9.55 Å². The lowest BCUT2D eigenvalue weighted by Crippen LogP contribution is -2.12. The van der Waals surface area contributed by atoms with E-state index in [9.17, 15) is 0 Å². The number of hydrogen-bond donors (Lipinski definition) is 1. The summed E-state index contributed by atoms with van der Waals surface area (Å²) in [6.07, 6.45) is 4.72. The van der Waals surface area contributed by atoms with E-state index in [1.807, 2.05) is 0 Å².